The van der Waals surface area contributed by atoms with E-state index < -0.39 is 0 Å². The number of likely N-dealkylation sites (tertiary alicyclic amines) is 1. The number of hydrogen-bond donors (Lipinski definition) is 2. The topological polar surface area (TPSA) is 66.6 Å². The maximum atomic E-state index is 11.5. The summed E-state index contributed by atoms with van der Waals surface area (Å²) in [6.07, 6.45) is 2.47. The van der Waals surface area contributed by atoms with Gasteiger partial charge in [-0.15, -0.1) is 0 Å². The lowest BCUT2D eigenvalue weighted by Gasteiger charge is -2.37. The molecule has 0 bridgehead atoms. The normalized spacial score (nSPS) is 19.8. The van der Waals surface area contributed by atoms with Gasteiger partial charge in [0.05, 0.1) is 12.1 Å². The van der Waals surface area contributed by atoms with Crippen molar-refractivity contribution in [2.75, 3.05) is 13.1 Å². The Morgan fingerprint density at radius 1 is 1.69 bits per heavy atom. The number of carbonyl (C=O) groups excluding carboxylic acids is 1. The van der Waals surface area contributed by atoms with Crippen LogP contribution in [0.5, 0.6) is 0 Å². The van der Waals surface area contributed by atoms with E-state index in [0.717, 1.165) is 19.3 Å². The standard InChI is InChI=1S/C9H18N2O2/c1-2-3-4-8(10)9(13)11-5-7(12)6-11/h7-8,12H,2-6,10H2,1H3. The monoisotopic (exact) mass is 186 g/mol. The molecule has 1 rings (SSSR count). The molecule has 3 N–H and O–H groups in total. The Kier molecular flexibility index (Phi) is 3.69. The lowest BCUT2D eigenvalue weighted by atomic mass is 10.1. The van der Waals surface area contributed by atoms with Gasteiger partial charge in [-0.2, -0.15) is 0 Å². The van der Waals surface area contributed by atoms with Crippen LogP contribution in [-0.2, 0) is 4.79 Å². The molecular formula is C9H18N2O2. The number of aliphatic hydroxyl groups is 1. The molecule has 0 aromatic carbocycles. The molecule has 1 atom stereocenters. The van der Waals surface area contributed by atoms with Crippen LogP contribution in [0.15, 0.2) is 0 Å². The number of nitrogens with two attached hydrogens (primary N) is 1. The van der Waals surface area contributed by atoms with Gasteiger partial charge in [0.15, 0.2) is 0 Å². The molecule has 0 aliphatic carbocycles. The van der Waals surface area contributed by atoms with Crippen molar-refractivity contribution in [3.63, 3.8) is 0 Å². The van der Waals surface area contributed by atoms with Crippen LogP contribution in [0, 0.1) is 0 Å². The van der Waals surface area contributed by atoms with E-state index in [2.05, 4.69) is 6.92 Å². The van der Waals surface area contributed by atoms with Gasteiger partial charge in [0.1, 0.15) is 0 Å². The Morgan fingerprint density at radius 3 is 2.77 bits per heavy atom. The van der Waals surface area contributed by atoms with E-state index in [-0.39, 0.29) is 18.1 Å². The van der Waals surface area contributed by atoms with Crippen LogP contribution in [0.4, 0.5) is 0 Å². The molecule has 1 aliphatic heterocycles. The summed E-state index contributed by atoms with van der Waals surface area (Å²) in [5.41, 5.74) is 5.69. The van der Waals surface area contributed by atoms with Gasteiger partial charge in [0.2, 0.25) is 5.91 Å². The average Bonchev–Trinajstić information content (AvgIpc) is 2.07. The van der Waals surface area contributed by atoms with Crippen LogP contribution in [0.1, 0.15) is 26.2 Å². The summed E-state index contributed by atoms with van der Waals surface area (Å²) < 4.78 is 0. The molecule has 0 saturated carbocycles. The van der Waals surface area contributed by atoms with Crippen molar-refractivity contribution < 1.29 is 9.90 Å². The number of unbranched alkanes of at least 4 members (excludes halogenated alkanes) is 1. The maximum Gasteiger partial charge on any atom is 0.239 e. The summed E-state index contributed by atoms with van der Waals surface area (Å²) in [6.45, 7) is 2.99. The van der Waals surface area contributed by atoms with E-state index in [0.29, 0.717) is 13.1 Å². The molecule has 0 radical (unpaired) electrons. The molecule has 4 nitrogen and oxygen atoms in total. The maximum absolute atomic E-state index is 11.5. The quantitative estimate of drug-likeness (QED) is 0.634. The summed E-state index contributed by atoms with van der Waals surface area (Å²) in [6, 6.07) is -0.368. The van der Waals surface area contributed by atoms with Gasteiger partial charge in [-0.25, -0.2) is 0 Å². The van der Waals surface area contributed by atoms with E-state index >= 15 is 0 Å². The van der Waals surface area contributed by atoms with Crippen LogP contribution in [0.25, 0.3) is 0 Å². The highest BCUT2D eigenvalue weighted by molar-refractivity contribution is 5.82. The highest BCUT2D eigenvalue weighted by Gasteiger charge is 2.31. The van der Waals surface area contributed by atoms with Crippen LogP contribution in [0.3, 0.4) is 0 Å². The SMILES string of the molecule is CCCCC(N)C(=O)N1CC(O)C1. The average molecular weight is 186 g/mol. The summed E-state index contributed by atoms with van der Waals surface area (Å²) in [4.78, 5) is 13.1. The van der Waals surface area contributed by atoms with E-state index in [9.17, 15) is 4.79 Å². The first-order valence-corrected chi connectivity index (χ1v) is 4.87. The molecule has 76 valence electrons. The Balaban J connectivity index is 2.22. The lowest BCUT2D eigenvalue weighted by molar-refractivity contribution is -0.142. The van der Waals surface area contributed by atoms with Crippen LogP contribution in [0.2, 0.25) is 0 Å². The second-order valence-corrected chi connectivity index (χ2v) is 3.65. The minimum absolute atomic E-state index is 0.0150. The highest BCUT2D eigenvalue weighted by Crippen LogP contribution is 2.10. The number of β-amino-alcohol motifs (C(OH)–C–C–N with tert-alkyl or cyclic N) is 1. The number of rotatable bonds is 4. The number of amides is 1. The second kappa shape index (κ2) is 4.58. The van der Waals surface area contributed by atoms with Crippen LogP contribution < -0.4 is 5.73 Å². The first kappa shape index (κ1) is 10.5. The molecule has 1 heterocycles. The summed E-state index contributed by atoms with van der Waals surface area (Å²) in [5, 5.41) is 8.99. The summed E-state index contributed by atoms with van der Waals surface area (Å²) in [7, 11) is 0. The Labute approximate surface area is 78.7 Å². The van der Waals surface area contributed by atoms with Gasteiger partial charge in [0.25, 0.3) is 0 Å². The zero-order chi connectivity index (χ0) is 9.84. The van der Waals surface area contributed by atoms with Crippen molar-refractivity contribution in [1.29, 1.82) is 0 Å². The smallest absolute Gasteiger partial charge is 0.239 e. The second-order valence-electron chi connectivity index (χ2n) is 3.65. The van der Waals surface area contributed by atoms with Gasteiger partial charge < -0.3 is 15.7 Å². The fraction of sp³-hybridized carbons (Fsp3) is 0.889. The number of hydrogen-bond acceptors (Lipinski definition) is 3. The first-order valence-electron chi connectivity index (χ1n) is 4.87. The summed E-state index contributed by atoms with van der Waals surface area (Å²) >= 11 is 0. The van der Waals surface area contributed by atoms with Gasteiger partial charge in [-0.05, 0) is 6.42 Å². The molecule has 0 spiro atoms. The molecule has 4 heteroatoms. The predicted molar refractivity (Wildman–Crippen MR) is 50.1 cm³/mol. The van der Waals surface area contributed by atoms with Crippen LogP contribution >= 0.6 is 0 Å². The largest absolute Gasteiger partial charge is 0.389 e. The van der Waals surface area contributed by atoms with Crippen molar-refractivity contribution in [2.24, 2.45) is 5.73 Å². The molecule has 1 fully saturated rings. The summed E-state index contributed by atoms with van der Waals surface area (Å²) in [5.74, 6) is -0.0150. The third-order valence-electron chi connectivity index (χ3n) is 2.36. The predicted octanol–water partition coefficient (Wildman–Crippen LogP) is -0.293. The van der Waals surface area contributed by atoms with E-state index in [1.54, 1.807) is 4.90 Å². The van der Waals surface area contributed by atoms with Crippen molar-refractivity contribution in [1.82, 2.24) is 4.90 Å². The zero-order valence-corrected chi connectivity index (χ0v) is 8.07. The zero-order valence-electron chi connectivity index (χ0n) is 8.07. The van der Waals surface area contributed by atoms with Gasteiger partial charge >= 0.3 is 0 Å². The van der Waals surface area contributed by atoms with Crippen LogP contribution in [-0.4, -0.2) is 41.1 Å². The van der Waals surface area contributed by atoms with E-state index in [1.807, 2.05) is 0 Å². The minimum atomic E-state index is -0.368. The van der Waals surface area contributed by atoms with Gasteiger partial charge in [-0.1, -0.05) is 19.8 Å². The number of carbonyl (C=O) groups is 1. The minimum Gasteiger partial charge on any atom is -0.389 e. The molecule has 1 aliphatic rings. The van der Waals surface area contributed by atoms with Crippen molar-refractivity contribution in [3.8, 4) is 0 Å². The molecule has 0 aromatic rings. The Morgan fingerprint density at radius 2 is 2.31 bits per heavy atom. The number of aliphatic hydroxyl groups excluding tert-OH is 1. The third kappa shape index (κ3) is 2.67. The van der Waals surface area contributed by atoms with Crippen molar-refractivity contribution >= 4 is 5.91 Å². The molecule has 13 heavy (non-hydrogen) atoms. The molecular weight excluding hydrogens is 168 g/mol. The highest BCUT2D eigenvalue weighted by atomic mass is 16.3. The third-order valence-corrected chi connectivity index (χ3v) is 2.36. The Hall–Kier alpha value is -0.610. The molecule has 1 saturated heterocycles. The Bertz CT molecular complexity index is 178. The van der Waals surface area contributed by atoms with E-state index in [1.165, 1.54) is 0 Å². The van der Waals surface area contributed by atoms with E-state index in [4.69, 9.17) is 10.8 Å². The van der Waals surface area contributed by atoms with Gasteiger partial charge in [0, 0.05) is 13.1 Å². The fourth-order valence-electron chi connectivity index (χ4n) is 1.42. The molecule has 0 aromatic heterocycles. The molecule has 1 amide bonds. The lowest BCUT2D eigenvalue weighted by Crippen LogP contribution is -2.57. The van der Waals surface area contributed by atoms with Crippen molar-refractivity contribution in [2.45, 2.75) is 38.3 Å². The molecule has 1 unspecified atom stereocenters. The van der Waals surface area contributed by atoms with Crippen molar-refractivity contribution in [3.05, 3.63) is 0 Å². The first-order chi connectivity index (χ1) is 6.15. The fourth-order valence-corrected chi connectivity index (χ4v) is 1.42. The van der Waals surface area contributed by atoms with Gasteiger partial charge in [-0.3, -0.25) is 4.79 Å². The number of nitrogens with zero attached hydrogens (tertiary/aromatic N) is 1.